The van der Waals surface area contributed by atoms with E-state index in [1.807, 2.05) is 0 Å². The van der Waals surface area contributed by atoms with E-state index < -0.39 is 10.0 Å². The summed E-state index contributed by atoms with van der Waals surface area (Å²) in [6.45, 7) is 0. The Bertz CT molecular complexity index is 876. The second-order valence-corrected chi connectivity index (χ2v) is 6.58. The van der Waals surface area contributed by atoms with Gasteiger partial charge in [0.05, 0.1) is 0 Å². The van der Waals surface area contributed by atoms with Crippen molar-refractivity contribution in [2.45, 2.75) is 4.90 Å². The molecule has 0 saturated heterocycles. The highest BCUT2D eigenvalue weighted by Gasteiger charge is 2.19. The average Bonchev–Trinajstić information content (AvgIpc) is 2.82. The zero-order valence-electron chi connectivity index (χ0n) is 10.0. The van der Waals surface area contributed by atoms with Gasteiger partial charge in [-0.15, -0.1) is 0 Å². The van der Waals surface area contributed by atoms with Crippen molar-refractivity contribution in [1.82, 2.24) is 15.0 Å². The van der Waals surface area contributed by atoms with Crippen LogP contribution in [-0.2, 0) is 10.0 Å². The van der Waals surface area contributed by atoms with Gasteiger partial charge in [0.15, 0.2) is 0 Å². The smallest absolute Gasteiger partial charge is 0.265 e. The zero-order chi connectivity index (χ0) is 14.2. The molecule has 0 aliphatic rings. The molecule has 6 nitrogen and oxygen atoms in total. The summed E-state index contributed by atoms with van der Waals surface area (Å²) in [6, 6.07) is 6.69. The Kier molecular flexibility index (Phi) is 3.19. The van der Waals surface area contributed by atoms with Crippen LogP contribution in [0.1, 0.15) is 0 Å². The molecule has 3 aromatic rings. The maximum absolute atomic E-state index is 12.4. The predicted molar refractivity (Wildman–Crippen MR) is 78.8 cm³/mol. The molecular formula is C12H9BrN4O2S. The van der Waals surface area contributed by atoms with Gasteiger partial charge in [-0.1, -0.05) is 15.9 Å². The number of H-pyrrole nitrogens is 1. The molecule has 8 heteroatoms. The number of fused-ring (bicyclic) bond motifs is 1. The Balaban J connectivity index is 2.04. The summed E-state index contributed by atoms with van der Waals surface area (Å²) in [4.78, 5) is 11.0. The minimum Gasteiger partial charge on any atom is -0.345 e. The second-order valence-electron chi connectivity index (χ2n) is 4.02. The van der Waals surface area contributed by atoms with Crippen LogP contribution in [-0.4, -0.2) is 23.4 Å². The first-order chi connectivity index (χ1) is 9.56. The molecule has 0 aromatic carbocycles. The zero-order valence-corrected chi connectivity index (χ0v) is 12.4. The highest BCUT2D eigenvalue weighted by atomic mass is 79.9. The fourth-order valence-electron chi connectivity index (χ4n) is 1.81. The lowest BCUT2D eigenvalue weighted by Gasteiger charge is -2.06. The van der Waals surface area contributed by atoms with E-state index in [0.717, 1.165) is 4.47 Å². The second kappa shape index (κ2) is 4.88. The van der Waals surface area contributed by atoms with Crippen LogP contribution in [0.4, 0.5) is 5.82 Å². The highest BCUT2D eigenvalue weighted by molar-refractivity contribution is 9.10. The minimum absolute atomic E-state index is 0.141. The maximum Gasteiger partial charge on any atom is 0.265 e. The van der Waals surface area contributed by atoms with Crippen LogP contribution in [0.3, 0.4) is 0 Å². The highest BCUT2D eigenvalue weighted by Crippen LogP contribution is 2.23. The molecule has 0 aliphatic carbocycles. The van der Waals surface area contributed by atoms with Crippen molar-refractivity contribution in [2.24, 2.45) is 0 Å². The number of aromatic nitrogens is 3. The first kappa shape index (κ1) is 13.1. The van der Waals surface area contributed by atoms with Gasteiger partial charge in [-0.25, -0.2) is 18.4 Å². The molecule has 0 atom stereocenters. The molecule has 0 aliphatic heterocycles. The van der Waals surface area contributed by atoms with Crippen LogP contribution in [0.25, 0.3) is 11.0 Å². The Labute approximate surface area is 123 Å². The first-order valence-corrected chi connectivity index (χ1v) is 7.90. The van der Waals surface area contributed by atoms with E-state index in [2.05, 4.69) is 35.6 Å². The fraction of sp³-hybridized carbons (Fsp3) is 0. The summed E-state index contributed by atoms with van der Waals surface area (Å²) in [6.07, 6.45) is 4.52. The number of anilines is 1. The largest absolute Gasteiger partial charge is 0.345 e. The summed E-state index contributed by atoms with van der Waals surface area (Å²) < 4.78 is 27.9. The van der Waals surface area contributed by atoms with Crippen LogP contribution < -0.4 is 4.72 Å². The van der Waals surface area contributed by atoms with Gasteiger partial charge in [-0.2, -0.15) is 0 Å². The van der Waals surface area contributed by atoms with Crippen molar-refractivity contribution in [3.05, 3.63) is 47.3 Å². The van der Waals surface area contributed by atoms with Crippen molar-refractivity contribution in [1.29, 1.82) is 0 Å². The molecule has 0 bridgehead atoms. The quantitative estimate of drug-likeness (QED) is 0.757. The SMILES string of the molecule is O=S(=O)(Nc1cc(Br)ccn1)c1c[nH]c2ncccc12. The van der Waals surface area contributed by atoms with E-state index in [4.69, 9.17) is 0 Å². The molecule has 3 aromatic heterocycles. The summed E-state index contributed by atoms with van der Waals surface area (Å²) >= 11 is 3.27. The minimum atomic E-state index is -3.72. The molecule has 0 saturated carbocycles. The van der Waals surface area contributed by atoms with E-state index in [0.29, 0.717) is 11.0 Å². The third-order valence-corrected chi connectivity index (χ3v) is 4.55. The molecule has 3 rings (SSSR count). The van der Waals surface area contributed by atoms with Crippen LogP contribution in [0.15, 0.2) is 52.2 Å². The molecule has 3 heterocycles. The predicted octanol–water partition coefficient (Wildman–Crippen LogP) is 2.52. The molecule has 20 heavy (non-hydrogen) atoms. The first-order valence-electron chi connectivity index (χ1n) is 5.63. The Morgan fingerprint density at radius 2 is 2.05 bits per heavy atom. The summed E-state index contributed by atoms with van der Waals surface area (Å²) in [7, 11) is -3.72. The van der Waals surface area contributed by atoms with Crippen LogP contribution >= 0.6 is 15.9 Å². The number of nitrogens with zero attached hydrogens (tertiary/aromatic N) is 2. The lowest BCUT2D eigenvalue weighted by molar-refractivity contribution is 0.602. The molecular weight excluding hydrogens is 344 g/mol. The van der Waals surface area contributed by atoms with Gasteiger partial charge >= 0.3 is 0 Å². The van der Waals surface area contributed by atoms with Crippen LogP contribution in [0, 0.1) is 0 Å². The maximum atomic E-state index is 12.4. The van der Waals surface area contributed by atoms with E-state index in [1.165, 1.54) is 12.4 Å². The van der Waals surface area contributed by atoms with Gasteiger partial charge in [0, 0.05) is 28.4 Å². The van der Waals surface area contributed by atoms with Gasteiger partial charge in [-0.3, -0.25) is 4.72 Å². The lowest BCUT2D eigenvalue weighted by atomic mass is 10.3. The van der Waals surface area contributed by atoms with Crippen molar-refractivity contribution in [3.63, 3.8) is 0 Å². The number of sulfonamides is 1. The number of pyridine rings is 2. The number of nitrogens with one attached hydrogen (secondary N) is 2. The molecule has 2 N–H and O–H groups in total. The van der Waals surface area contributed by atoms with Crippen molar-refractivity contribution >= 4 is 42.8 Å². The average molecular weight is 353 g/mol. The van der Waals surface area contributed by atoms with Crippen LogP contribution in [0.2, 0.25) is 0 Å². The van der Waals surface area contributed by atoms with E-state index in [1.54, 1.807) is 30.5 Å². The van der Waals surface area contributed by atoms with Gasteiger partial charge in [0.2, 0.25) is 0 Å². The Morgan fingerprint density at radius 3 is 2.85 bits per heavy atom. The third-order valence-electron chi connectivity index (χ3n) is 2.66. The van der Waals surface area contributed by atoms with E-state index >= 15 is 0 Å². The monoisotopic (exact) mass is 352 g/mol. The Hall–Kier alpha value is -1.93. The van der Waals surface area contributed by atoms with Gasteiger partial charge in [0.1, 0.15) is 16.4 Å². The molecule has 0 unspecified atom stereocenters. The number of halogens is 1. The van der Waals surface area contributed by atoms with Crippen LogP contribution in [0.5, 0.6) is 0 Å². The van der Waals surface area contributed by atoms with Gasteiger partial charge in [-0.05, 0) is 24.3 Å². The van der Waals surface area contributed by atoms with Crippen molar-refractivity contribution < 1.29 is 8.42 Å². The van der Waals surface area contributed by atoms with Gasteiger partial charge < -0.3 is 4.98 Å². The van der Waals surface area contributed by atoms with Crippen molar-refractivity contribution in [2.75, 3.05) is 4.72 Å². The molecule has 102 valence electrons. The summed E-state index contributed by atoms with van der Waals surface area (Å²) in [5.41, 5.74) is 0.523. The number of hydrogen-bond acceptors (Lipinski definition) is 4. The standard InChI is InChI=1S/C12H9BrN4O2S/c13-8-3-5-14-11(6-8)17-20(18,19)10-7-16-12-9(10)2-1-4-15-12/h1-7H,(H,14,17)(H,15,16). The van der Waals surface area contributed by atoms with E-state index in [-0.39, 0.29) is 10.7 Å². The Morgan fingerprint density at radius 1 is 1.20 bits per heavy atom. The van der Waals surface area contributed by atoms with E-state index in [9.17, 15) is 8.42 Å². The third kappa shape index (κ3) is 2.39. The molecule has 0 fully saturated rings. The number of rotatable bonds is 3. The molecule has 0 amide bonds. The summed E-state index contributed by atoms with van der Waals surface area (Å²) in [5.74, 6) is 0.248. The normalized spacial score (nSPS) is 11.7. The lowest BCUT2D eigenvalue weighted by Crippen LogP contribution is -2.13. The molecule has 0 radical (unpaired) electrons. The molecule has 0 spiro atoms. The van der Waals surface area contributed by atoms with Gasteiger partial charge in [0.25, 0.3) is 10.0 Å². The number of aromatic amines is 1. The number of hydrogen-bond donors (Lipinski definition) is 2. The summed E-state index contributed by atoms with van der Waals surface area (Å²) in [5, 5.41) is 0.537. The van der Waals surface area contributed by atoms with Crippen molar-refractivity contribution in [3.8, 4) is 0 Å². The topological polar surface area (TPSA) is 87.7 Å². The fourth-order valence-corrected chi connectivity index (χ4v) is 3.31.